The first-order chi connectivity index (χ1) is 11.8. The van der Waals surface area contributed by atoms with E-state index in [-0.39, 0.29) is 42.1 Å². The molecule has 27 heavy (non-hydrogen) atoms. The first-order valence-electron chi connectivity index (χ1n) is 8.20. The van der Waals surface area contributed by atoms with Crippen molar-refractivity contribution in [3.05, 3.63) is 29.8 Å². The van der Waals surface area contributed by atoms with Crippen LogP contribution in [0.15, 0.2) is 24.3 Å². The lowest BCUT2D eigenvalue weighted by molar-refractivity contribution is -0.274. The second-order valence-corrected chi connectivity index (χ2v) is 6.56. The Morgan fingerprint density at radius 1 is 1.30 bits per heavy atom. The van der Waals surface area contributed by atoms with Gasteiger partial charge in [0.25, 0.3) is 0 Å². The average Bonchev–Trinajstić information content (AvgIpc) is 3.10. The number of likely N-dealkylation sites (tertiary alicyclic amines) is 1. The highest BCUT2D eigenvalue weighted by molar-refractivity contribution is 5.85. The largest absolute Gasteiger partial charge is 0.573 e. The van der Waals surface area contributed by atoms with E-state index < -0.39 is 6.36 Å². The van der Waals surface area contributed by atoms with Gasteiger partial charge < -0.3 is 19.7 Å². The summed E-state index contributed by atoms with van der Waals surface area (Å²) in [6.45, 7) is 2.85. The summed E-state index contributed by atoms with van der Waals surface area (Å²) in [7, 11) is 1.68. The summed E-state index contributed by atoms with van der Waals surface area (Å²) >= 11 is 0. The highest BCUT2D eigenvalue weighted by Gasteiger charge is 2.51. The van der Waals surface area contributed by atoms with E-state index in [2.05, 4.69) is 10.1 Å². The number of carbonyl (C=O) groups excluding carboxylic acids is 1. The van der Waals surface area contributed by atoms with Gasteiger partial charge in [-0.05, 0) is 24.1 Å². The zero-order chi connectivity index (χ0) is 18.1. The van der Waals surface area contributed by atoms with Gasteiger partial charge in [0.1, 0.15) is 11.4 Å². The summed E-state index contributed by atoms with van der Waals surface area (Å²) in [5.74, 6) is 0.0891. The van der Waals surface area contributed by atoms with Gasteiger partial charge in [-0.1, -0.05) is 12.1 Å². The Kier molecular flexibility index (Phi) is 8.22. The second kappa shape index (κ2) is 9.32. The van der Waals surface area contributed by atoms with Gasteiger partial charge in [-0.3, -0.25) is 4.79 Å². The van der Waals surface area contributed by atoms with E-state index in [1.807, 2.05) is 4.90 Å². The van der Waals surface area contributed by atoms with Gasteiger partial charge in [0, 0.05) is 39.1 Å². The number of ether oxygens (including phenoxy) is 2. The van der Waals surface area contributed by atoms with Crippen LogP contribution in [0, 0.1) is 5.92 Å². The number of carbonyl (C=O) groups is 1. The van der Waals surface area contributed by atoms with Crippen LogP contribution in [-0.4, -0.2) is 56.1 Å². The molecule has 0 radical (unpaired) electrons. The molecule has 0 bridgehead atoms. The third kappa shape index (κ3) is 5.63. The molecule has 0 saturated carbocycles. The molecule has 2 unspecified atom stereocenters. The zero-order valence-electron chi connectivity index (χ0n) is 14.8. The molecule has 1 amide bonds. The van der Waals surface area contributed by atoms with Crippen LogP contribution in [0.25, 0.3) is 0 Å². The summed E-state index contributed by atoms with van der Waals surface area (Å²) in [5.41, 5.74) is 0.511. The lowest BCUT2D eigenvalue weighted by Crippen LogP contribution is -2.42. The standard InChI is InChI=1S/C17H21F3N2O3.2ClH/c1-24-16-10-21-8-13(16)9-22(11-16)15(23)7-4-12-2-5-14(6-3-12)25-17(18,19)20;;/h2-3,5-6,13,21H,4,7-11H2,1H3;2*1H. The van der Waals surface area contributed by atoms with Crippen LogP contribution < -0.4 is 10.1 Å². The predicted molar refractivity (Wildman–Crippen MR) is 98.6 cm³/mol. The number of methoxy groups -OCH3 is 1. The molecule has 3 rings (SSSR count). The van der Waals surface area contributed by atoms with Crippen LogP contribution in [0.2, 0.25) is 0 Å². The Morgan fingerprint density at radius 2 is 1.96 bits per heavy atom. The fourth-order valence-electron chi connectivity index (χ4n) is 3.62. The SMILES string of the molecule is COC12CNCC1CN(C(=O)CCc1ccc(OC(F)(F)F)cc1)C2.Cl.Cl. The lowest BCUT2D eigenvalue weighted by atomic mass is 9.95. The fourth-order valence-corrected chi connectivity index (χ4v) is 3.62. The van der Waals surface area contributed by atoms with Crippen LogP contribution in [0.5, 0.6) is 5.75 Å². The average molecular weight is 431 g/mol. The molecule has 1 N–H and O–H groups in total. The van der Waals surface area contributed by atoms with Gasteiger partial charge in [-0.15, -0.1) is 38.0 Å². The van der Waals surface area contributed by atoms with Crippen molar-refractivity contribution in [1.82, 2.24) is 10.2 Å². The molecular weight excluding hydrogens is 408 g/mol. The number of nitrogens with one attached hydrogen (secondary N) is 1. The number of hydrogen-bond donors (Lipinski definition) is 1. The van der Waals surface area contributed by atoms with Crippen molar-refractivity contribution in [3.8, 4) is 5.75 Å². The Bertz CT molecular complexity index is 631. The maximum absolute atomic E-state index is 12.4. The van der Waals surface area contributed by atoms with E-state index in [9.17, 15) is 18.0 Å². The number of fused-ring (bicyclic) bond motifs is 1. The molecule has 0 aromatic heterocycles. The third-order valence-corrected chi connectivity index (χ3v) is 5.00. The van der Waals surface area contributed by atoms with E-state index in [0.29, 0.717) is 31.8 Å². The minimum atomic E-state index is -4.70. The zero-order valence-corrected chi connectivity index (χ0v) is 16.4. The number of alkyl halides is 3. The van der Waals surface area contributed by atoms with Crippen molar-refractivity contribution in [2.45, 2.75) is 24.8 Å². The highest BCUT2D eigenvalue weighted by Crippen LogP contribution is 2.34. The van der Waals surface area contributed by atoms with Crippen molar-refractivity contribution in [2.75, 3.05) is 33.3 Å². The molecular formula is C17H23Cl2F3N2O3. The van der Waals surface area contributed by atoms with E-state index in [1.165, 1.54) is 12.1 Å². The summed E-state index contributed by atoms with van der Waals surface area (Å²) < 4.78 is 45.9. The Hall–Kier alpha value is -1.22. The number of amides is 1. The number of halogens is 5. The minimum Gasteiger partial charge on any atom is -0.406 e. The number of benzene rings is 1. The van der Waals surface area contributed by atoms with Gasteiger partial charge in [0.2, 0.25) is 5.91 Å². The van der Waals surface area contributed by atoms with Gasteiger partial charge in [-0.2, -0.15) is 0 Å². The first-order valence-corrected chi connectivity index (χ1v) is 8.20. The first kappa shape index (κ1) is 23.8. The molecule has 0 aliphatic carbocycles. The Balaban J connectivity index is 0.00000182. The summed E-state index contributed by atoms with van der Waals surface area (Å²) in [4.78, 5) is 14.3. The van der Waals surface area contributed by atoms with Crippen molar-refractivity contribution in [3.63, 3.8) is 0 Å². The second-order valence-electron chi connectivity index (χ2n) is 6.56. The number of rotatable bonds is 5. The molecule has 154 valence electrons. The molecule has 0 spiro atoms. The normalized spacial score (nSPS) is 24.0. The lowest BCUT2D eigenvalue weighted by Gasteiger charge is -2.26. The Labute approximate surface area is 168 Å². The van der Waals surface area contributed by atoms with Gasteiger partial charge in [-0.25, -0.2) is 0 Å². The monoisotopic (exact) mass is 430 g/mol. The summed E-state index contributed by atoms with van der Waals surface area (Å²) in [6, 6.07) is 5.62. The van der Waals surface area contributed by atoms with E-state index in [0.717, 1.165) is 18.7 Å². The Morgan fingerprint density at radius 3 is 2.52 bits per heavy atom. The summed E-state index contributed by atoms with van der Waals surface area (Å²) in [6.07, 6.45) is -3.90. The molecule has 2 atom stereocenters. The fraction of sp³-hybridized carbons (Fsp3) is 0.588. The molecule has 2 aliphatic heterocycles. The highest BCUT2D eigenvalue weighted by atomic mass is 35.5. The van der Waals surface area contributed by atoms with Crippen LogP contribution in [0.4, 0.5) is 13.2 Å². The van der Waals surface area contributed by atoms with Crippen LogP contribution in [0.3, 0.4) is 0 Å². The molecule has 5 nitrogen and oxygen atoms in total. The van der Waals surface area contributed by atoms with Crippen LogP contribution in [0.1, 0.15) is 12.0 Å². The predicted octanol–water partition coefficient (Wildman–Crippen LogP) is 2.81. The third-order valence-electron chi connectivity index (χ3n) is 5.00. The maximum Gasteiger partial charge on any atom is 0.573 e. The molecule has 2 fully saturated rings. The van der Waals surface area contributed by atoms with Crippen LogP contribution >= 0.6 is 24.8 Å². The van der Waals surface area contributed by atoms with E-state index in [1.54, 1.807) is 19.2 Å². The van der Waals surface area contributed by atoms with Crippen molar-refractivity contribution in [2.24, 2.45) is 5.92 Å². The van der Waals surface area contributed by atoms with Crippen LogP contribution in [-0.2, 0) is 16.0 Å². The minimum absolute atomic E-state index is 0. The number of hydrogen-bond acceptors (Lipinski definition) is 4. The molecule has 10 heteroatoms. The van der Waals surface area contributed by atoms with Crippen molar-refractivity contribution >= 4 is 30.7 Å². The molecule has 2 aliphatic rings. The maximum atomic E-state index is 12.4. The van der Waals surface area contributed by atoms with Crippen molar-refractivity contribution < 1.29 is 27.4 Å². The van der Waals surface area contributed by atoms with Gasteiger partial charge >= 0.3 is 6.36 Å². The summed E-state index contributed by atoms with van der Waals surface area (Å²) in [5, 5.41) is 3.30. The van der Waals surface area contributed by atoms with Gasteiger partial charge in [0.05, 0.1) is 6.54 Å². The van der Waals surface area contributed by atoms with E-state index in [4.69, 9.17) is 4.74 Å². The van der Waals surface area contributed by atoms with E-state index >= 15 is 0 Å². The molecule has 1 aromatic carbocycles. The smallest absolute Gasteiger partial charge is 0.406 e. The topological polar surface area (TPSA) is 50.8 Å². The molecule has 1 aromatic rings. The quantitative estimate of drug-likeness (QED) is 0.780. The number of aryl methyl sites for hydroxylation is 1. The van der Waals surface area contributed by atoms with Gasteiger partial charge in [0.15, 0.2) is 0 Å². The molecule has 2 saturated heterocycles. The van der Waals surface area contributed by atoms with Crippen molar-refractivity contribution in [1.29, 1.82) is 0 Å². The molecule has 2 heterocycles. The number of nitrogens with zero attached hydrogens (tertiary/aromatic N) is 1.